The van der Waals surface area contributed by atoms with Gasteiger partial charge in [0.2, 0.25) is 0 Å². The van der Waals surface area contributed by atoms with Crippen molar-refractivity contribution in [1.82, 2.24) is 0 Å². The van der Waals surface area contributed by atoms with Crippen LogP contribution in [0.3, 0.4) is 0 Å². The van der Waals surface area contributed by atoms with E-state index in [1.165, 1.54) is 0 Å². The lowest BCUT2D eigenvalue weighted by Gasteiger charge is -2.37. The minimum absolute atomic E-state index is 0.0675. The van der Waals surface area contributed by atoms with Crippen LogP contribution in [0.15, 0.2) is 0 Å². The molecule has 4 heteroatoms. The Hall–Kier alpha value is -0.110. The molecule has 0 N–H and O–H groups in total. The molecule has 7 rings (SSSR count). The second-order valence-electron chi connectivity index (χ2n) is 6.74. The van der Waals surface area contributed by atoms with Gasteiger partial charge in [-0.3, -0.25) is 0 Å². The molecule has 0 aromatic carbocycles. The number of rotatable bonds is 1. The number of hydrogen-bond donors (Lipinski definition) is 0. The number of nitrogens with zero attached hydrogens (tertiary/aromatic N) is 1. The Balaban J connectivity index is 1.59. The molecule has 3 nitrogen and oxygen atoms in total. The van der Waals surface area contributed by atoms with Crippen molar-refractivity contribution < 1.29 is 9.47 Å². The lowest BCUT2D eigenvalue weighted by Crippen LogP contribution is -2.50. The van der Waals surface area contributed by atoms with Gasteiger partial charge in [0.05, 0.1) is 23.6 Å². The van der Waals surface area contributed by atoms with E-state index in [1.807, 2.05) is 0 Å². The predicted octanol–water partition coefficient (Wildman–Crippen LogP) is 1.53. The number of nitriles is 1. The summed E-state index contributed by atoms with van der Waals surface area (Å²) in [5.41, 5.74) is 0.374. The Morgan fingerprint density at radius 2 is 1.94 bits per heavy atom. The van der Waals surface area contributed by atoms with E-state index in [0.29, 0.717) is 17.3 Å². The van der Waals surface area contributed by atoms with Crippen molar-refractivity contribution in [2.75, 3.05) is 13.2 Å². The van der Waals surface area contributed by atoms with E-state index in [4.69, 9.17) is 14.7 Å². The third-order valence-corrected chi connectivity index (χ3v) is 8.53. The summed E-state index contributed by atoms with van der Waals surface area (Å²) in [5, 5.41) is 9.11. The van der Waals surface area contributed by atoms with Gasteiger partial charge in [-0.15, -0.1) is 0 Å². The number of alkyl halides is 1. The molecular weight excluding hydrogens is 282 g/mol. The molecule has 7 aliphatic rings. The molecule has 0 aromatic heterocycles. The van der Waals surface area contributed by atoms with Crippen LogP contribution in [0.2, 0.25) is 0 Å². The Bertz CT molecular complexity index is 524. The monoisotopic (exact) mass is 293 g/mol. The van der Waals surface area contributed by atoms with Gasteiger partial charge >= 0.3 is 0 Å². The molecule has 7 fully saturated rings. The van der Waals surface area contributed by atoms with Crippen molar-refractivity contribution in [3.05, 3.63) is 0 Å². The molecule has 2 bridgehead atoms. The van der Waals surface area contributed by atoms with Gasteiger partial charge in [-0.05, 0) is 35.0 Å². The van der Waals surface area contributed by atoms with E-state index < -0.39 is 0 Å². The number of halogens is 1. The Morgan fingerprint density at radius 1 is 1.18 bits per heavy atom. The molecule has 0 amide bonds. The van der Waals surface area contributed by atoms with Crippen molar-refractivity contribution in [3.63, 3.8) is 0 Å². The fraction of sp³-hybridized carbons (Fsp3) is 0.923. The average molecular weight is 294 g/mol. The van der Waals surface area contributed by atoms with Gasteiger partial charge in [-0.2, -0.15) is 5.26 Å². The first kappa shape index (κ1) is 8.90. The second-order valence-corrected chi connectivity index (χ2v) is 8.05. The Morgan fingerprint density at radius 3 is 2.47 bits per heavy atom. The topological polar surface area (TPSA) is 42.2 Å². The molecule has 6 aliphatic carbocycles. The lowest BCUT2D eigenvalue weighted by atomic mass is 9.92. The molecule has 0 aromatic rings. The maximum atomic E-state index is 9.11. The summed E-state index contributed by atoms with van der Waals surface area (Å²) in [4.78, 5) is 0. The number of ether oxygens (including phenoxy) is 2. The highest BCUT2D eigenvalue weighted by atomic mass is 79.9. The van der Waals surface area contributed by atoms with Gasteiger partial charge in [0, 0.05) is 12.3 Å². The molecule has 1 aliphatic heterocycles. The van der Waals surface area contributed by atoms with Crippen molar-refractivity contribution in [2.24, 2.45) is 40.9 Å². The Labute approximate surface area is 108 Å². The zero-order chi connectivity index (χ0) is 11.2. The second kappa shape index (κ2) is 2.01. The van der Waals surface area contributed by atoms with Gasteiger partial charge in [0.25, 0.3) is 0 Å². The van der Waals surface area contributed by atoms with E-state index in [2.05, 4.69) is 22.0 Å². The minimum Gasteiger partial charge on any atom is -0.346 e. The summed E-state index contributed by atoms with van der Waals surface area (Å²) in [5.74, 6) is 4.05. The van der Waals surface area contributed by atoms with Crippen LogP contribution in [-0.4, -0.2) is 23.3 Å². The lowest BCUT2D eigenvalue weighted by molar-refractivity contribution is -0.192. The van der Waals surface area contributed by atoms with Gasteiger partial charge in [0.15, 0.2) is 5.79 Å². The maximum Gasteiger partial charge on any atom is 0.187 e. The fourth-order valence-electron chi connectivity index (χ4n) is 7.09. The van der Waals surface area contributed by atoms with Crippen LogP contribution in [0.25, 0.3) is 0 Å². The third kappa shape index (κ3) is 0.505. The molecule has 8 unspecified atom stereocenters. The van der Waals surface area contributed by atoms with Gasteiger partial charge < -0.3 is 9.47 Å². The van der Waals surface area contributed by atoms with Crippen LogP contribution in [0.4, 0.5) is 0 Å². The first-order chi connectivity index (χ1) is 8.25. The molecule has 17 heavy (non-hydrogen) atoms. The van der Waals surface area contributed by atoms with E-state index >= 15 is 0 Å². The highest BCUT2D eigenvalue weighted by molar-refractivity contribution is 9.10. The normalized spacial score (nSPS) is 73.2. The molecule has 1 heterocycles. The first-order valence-electron chi connectivity index (χ1n) is 6.59. The summed E-state index contributed by atoms with van der Waals surface area (Å²) < 4.78 is 12.2. The quantitative estimate of drug-likeness (QED) is 0.689. The van der Waals surface area contributed by atoms with Crippen molar-refractivity contribution in [2.45, 2.75) is 16.5 Å². The summed E-state index contributed by atoms with van der Waals surface area (Å²) in [6.45, 7) is 1.50. The van der Waals surface area contributed by atoms with Crippen molar-refractivity contribution in [3.8, 4) is 6.07 Å². The van der Waals surface area contributed by atoms with Crippen LogP contribution in [-0.2, 0) is 9.47 Å². The first-order valence-corrected chi connectivity index (χ1v) is 7.38. The molecule has 1 spiro atoms. The van der Waals surface area contributed by atoms with E-state index in [-0.39, 0.29) is 10.1 Å². The molecule has 88 valence electrons. The zero-order valence-corrected chi connectivity index (χ0v) is 10.8. The van der Waals surface area contributed by atoms with Gasteiger partial charge in [-0.1, -0.05) is 15.9 Å². The van der Waals surface area contributed by atoms with Crippen LogP contribution in [0, 0.1) is 52.3 Å². The predicted molar refractivity (Wildman–Crippen MR) is 59.9 cm³/mol. The van der Waals surface area contributed by atoms with E-state index in [1.54, 1.807) is 0 Å². The average Bonchev–Trinajstić information content (AvgIpc) is 2.99. The molecule has 6 saturated carbocycles. The van der Waals surface area contributed by atoms with Crippen molar-refractivity contribution >= 4 is 15.9 Å². The highest BCUT2D eigenvalue weighted by Crippen LogP contribution is 3.05. The van der Waals surface area contributed by atoms with E-state index in [9.17, 15) is 0 Å². The van der Waals surface area contributed by atoms with Crippen LogP contribution >= 0.6 is 15.9 Å². The minimum atomic E-state index is -0.302. The maximum absolute atomic E-state index is 9.11. The van der Waals surface area contributed by atoms with Crippen LogP contribution < -0.4 is 0 Å². The van der Waals surface area contributed by atoms with E-state index in [0.717, 1.165) is 43.3 Å². The van der Waals surface area contributed by atoms with Gasteiger partial charge in [0.1, 0.15) is 0 Å². The third-order valence-electron chi connectivity index (χ3n) is 6.96. The summed E-state index contributed by atoms with van der Waals surface area (Å²) >= 11 is 4.05. The molecular formula is C13H12BrNO2. The fourth-order valence-corrected chi connectivity index (χ4v) is 8.89. The van der Waals surface area contributed by atoms with Gasteiger partial charge in [-0.25, -0.2) is 0 Å². The Kier molecular flexibility index (Phi) is 1.05. The molecule has 1 saturated heterocycles. The number of hydrogen-bond acceptors (Lipinski definition) is 3. The summed E-state index contributed by atoms with van der Waals surface area (Å²) in [6, 6.07) is 2.44. The smallest absolute Gasteiger partial charge is 0.187 e. The standard InChI is InChI=1S/C13H12BrNO2/c14-12-7-5-6(7)11(1-2-15)9(10(11)12)8(5)13(12)16-3-4-17-13/h5-10H,1,3-4H2. The van der Waals surface area contributed by atoms with Crippen LogP contribution in [0.5, 0.6) is 0 Å². The van der Waals surface area contributed by atoms with Crippen LogP contribution in [0.1, 0.15) is 6.42 Å². The highest BCUT2D eigenvalue weighted by Gasteiger charge is 3.08. The largest absolute Gasteiger partial charge is 0.346 e. The molecule has 0 radical (unpaired) electrons. The van der Waals surface area contributed by atoms with Crippen molar-refractivity contribution in [1.29, 1.82) is 5.26 Å². The summed E-state index contributed by atoms with van der Waals surface area (Å²) in [7, 11) is 0. The zero-order valence-electron chi connectivity index (χ0n) is 9.23. The molecule has 8 atom stereocenters. The SMILES string of the molecule is N#CCC12C3C4C5C1C2C(Br)(C43)C51OCCO1. The summed E-state index contributed by atoms with van der Waals surface area (Å²) in [6.07, 6.45) is 0.764.